The van der Waals surface area contributed by atoms with Crippen LogP contribution in [0.4, 0.5) is 0 Å². The summed E-state index contributed by atoms with van der Waals surface area (Å²) in [5, 5.41) is 0. The third-order valence-electron chi connectivity index (χ3n) is 0. The second-order valence-corrected chi connectivity index (χ2v) is 4.29. The van der Waals surface area contributed by atoms with Crippen LogP contribution in [0.2, 0.25) is 0 Å². The molecule has 20 heteroatoms. The van der Waals surface area contributed by atoms with Crippen molar-refractivity contribution in [1.82, 2.24) is 0 Å². The zero-order valence-electron chi connectivity index (χ0n) is 11.4. The van der Waals surface area contributed by atoms with Gasteiger partial charge in [0.2, 0.25) is 0 Å². The number of phosphoric acid groups is 3. The van der Waals surface area contributed by atoms with E-state index < -0.39 is 23.5 Å². The van der Waals surface area contributed by atoms with E-state index in [-0.39, 0.29) is 170 Å². The molecule has 0 aliphatic rings. The molecular formula is H4KNa4O12P3. The van der Waals surface area contributed by atoms with Crippen LogP contribution in [0.5, 0.6) is 0 Å². The smallest absolute Gasteiger partial charge is 0.822 e. The van der Waals surface area contributed by atoms with E-state index in [1.807, 2.05) is 0 Å². The molecule has 0 saturated heterocycles. The van der Waals surface area contributed by atoms with Crippen molar-refractivity contribution in [3.8, 4) is 0 Å². The summed E-state index contributed by atoms with van der Waals surface area (Å²) in [4.78, 5) is 71.5. The molecule has 0 aromatic heterocycles. The van der Waals surface area contributed by atoms with Crippen LogP contribution in [0.3, 0.4) is 0 Å². The minimum absolute atomic E-state index is 0. The van der Waals surface area contributed by atoms with E-state index in [1.165, 1.54) is 0 Å². The number of rotatable bonds is 0. The van der Waals surface area contributed by atoms with Crippen LogP contribution < -0.4 is 194 Å². The molecule has 0 fully saturated rings. The molecule has 12 nitrogen and oxygen atoms in total. The van der Waals surface area contributed by atoms with Crippen LogP contribution >= 0.6 is 23.5 Å². The van der Waals surface area contributed by atoms with Gasteiger partial charge in [-0.1, -0.05) is 0 Å². The van der Waals surface area contributed by atoms with Gasteiger partial charge >= 0.3 is 177 Å². The first-order chi connectivity index (χ1) is 6.00. The van der Waals surface area contributed by atoms with Gasteiger partial charge in [-0.05, 0) is 0 Å². The summed E-state index contributed by atoms with van der Waals surface area (Å²) < 4.78 is 26.1. The maximum Gasteiger partial charge on any atom is 1.00 e. The van der Waals surface area contributed by atoms with Crippen LogP contribution in [-0.4, -0.2) is 19.6 Å². The van der Waals surface area contributed by atoms with Crippen molar-refractivity contribution in [3.05, 3.63) is 0 Å². The molecule has 20 heavy (non-hydrogen) atoms. The first kappa shape index (κ1) is 50.1. The Morgan fingerprint density at radius 2 is 0.600 bits per heavy atom. The first-order valence-corrected chi connectivity index (χ1v) is 6.78. The zero-order chi connectivity index (χ0) is 13.5. The molecular weight excluding hydrogens is 416 g/mol. The molecule has 96 valence electrons. The largest absolute Gasteiger partial charge is 1.00 e. The van der Waals surface area contributed by atoms with Crippen LogP contribution in [0, 0.1) is 0 Å². The Morgan fingerprint density at radius 1 is 0.600 bits per heavy atom. The van der Waals surface area contributed by atoms with E-state index in [9.17, 15) is 0 Å². The van der Waals surface area contributed by atoms with Crippen molar-refractivity contribution in [1.29, 1.82) is 0 Å². The molecule has 0 bridgehead atoms. The van der Waals surface area contributed by atoms with Gasteiger partial charge in [-0.2, -0.15) is 7.82 Å². The molecule has 0 aliphatic heterocycles. The summed E-state index contributed by atoms with van der Waals surface area (Å²) in [6.45, 7) is 0. The first-order valence-electron chi connectivity index (χ1n) is 2.26. The van der Waals surface area contributed by atoms with Gasteiger partial charge < -0.3 is 53.2 Å². The summed E-state index contributed by atoms with van der Waals surface area (Å²) in [5.74, 6) is 0. The Bertz CT molecular complexity index is 217. The molecule has 0 radical (unpaired) electrons. The monoisotopic (exact) mass is 420 g/mol. The maximum atomic E-state index is 8.88. The average molecular weight is 420 g/mol. The second-order valence-electron chi connectivity index (χ2n) is 1.43. The minimum Gasteiger partial charge on any atom is -0.822 e. The van der Waals surface area contributed by atoms with E-state index in [2.05, 4.69) is 0 Å². The summed E-state index contributed by atoms with van der Waals surface area (Å²) in [5.41, 5.74) is 0. The molecule has 0 saturated carbocycles. The molecule has 0 unspecified atom stereocenters. The van der Waals surface area contributed by atoms with Gasteiger partial charge in [0.05, 0.1) is 7.82 Å². The molecule has 0 aromatic rings. The molecule has 0 spiro atoms. The number of hydrogen-bond donors (Lipinski definition) is 4. The van der Waals surface area contributed by atoms with Gasteiger partial charge in [0.15, 0.2) is 0 Å². The van der Waals surface area contributed by atoms with Crippen molar-refractivity contribution >= 4 is 23.5 Å². The topological polar surface area (TPSA) is 247 Å². The van der Waals surface area contributed by atoms with E-state index in [0.29, 0.717) is 0 Å². The van der Waals surface area contributed by atoms with Crippen molar-refractivity contribution in [2.75, 3.05) is 0 Å². The normalized spacial score (nSPS) is 8.85. The molecule has 4 N–H and O–H groups in total. The van der Waals surface area contributed by atoms with Crippen molar-refractivity contribution < 1.29 is 227 Å². The van der Waals surface area contributed by atoms with Gasteiger partial charge in [0.25, 0.3) is 0 Å². The zero-order valence-corrected chi connectivity index (χ0v) is 25.2. The third-order valence-corrected chi connectivity index (χ3v) is 0. The van der Waals surface area contributed by atoms with Gasteiger partial charge in [0.1, 0.15) is 0 Å². The fourth-order valence-electron chi connectivity index (χ4n) is 0. The Kier molecular flexibility index (Phi) is 62.6. The van der Waals surface area contributed by atoms with Crippen molar-refractivity contribution in [2.45, 2.75) is 0 Å². The van der Waals surface area contributed by atoms with Crippen LogP contribution in [0.1, 0.15) is 0 Å². The Labute approximate surface area is 245 Å². The SMILES string of the molecule is O=P(O)(O)O.O=P([O-])([O-])O.O=P([O-])([O-])[O-].[K+].[Na+].[Na+].[Na+].[Na+]. The van der Waals surface area contributed by atoms with E-state index in [1.54, 1.807) is 0 Å². The quantitative estimate of drug-likeness (QED) is 0.211. The van der Waals surface area contributed by atoms with Gasteiger partial charge in [-0.15, -0.1) is 0 Å². The second kappa shape index (κ2) is 25.0. The average Bonchev–Trinajstić information content (AvgIpc) is 1.41. The van der Waals surface area contributed by atoms with E-state index in [0.717, 1.165) is 0 Å². The van der Waals surface area contributed by atoms with Crippen molar-refractivity contribution in [2.24, 2.45) is 0 Å². The molecule has 0 aliphatic carbocycles. The van der Waals surface area contributed by atoms with Crippen LogP contribution in [-0.2, 0) is 13.7 Å². The summed E-state index contributed by atoms with van der Waals surface area (Å²) in [7, 11) is -15.2. The predicted octanol–water partition coefficient (Wildman–Crippen LogP) is -20.9. The van der Waals surface area contributed by atoms with Crippen molar-refractivity contribution in [3.63, 3.8) is 0 Å². The summed E-state index contributed by atoms with van der Waals surface area (Å²) >= 11 is 0. The molecule has 0 heterocycles. The maximum absolute atomic E-state index is 8.88. The number of hydrogen-bond acceptors (Lipinski definition) is 8. The molecule has 0 rings (SSSR count). The minimum atomic E-state index is -5.39. The Hall–Kier alpha value is 5.97. The van der Waals surface area contributed by atoms with Crippen LogP contribution in [0.25, 0.3) is 0 Å². The third kappa shape index (κ3) is 355. The van der Waals surface area contributed by atoms with E-state index >= 15 is 0 Å². The summed E-state index contributed by atoms with van der Waals surface area (Å²) in [6, 6.07) is 0. The molecule has 0 atom stereocenters. The standard InChI is InChI=1S/K.4Na.3H3O4P/c;;;;;3*1-5(2,3)4/h;;;;;3*(H3,1,2,3,4)/q5*+1;;;/p-5. The summed E-state index contributed by atoms with van der Waals surface area (Å²) in [6.07, 6.45) is 0. The molecule has 0 aromatic carbocycles. The Morgan fingerprint density at radius 3 is 0.600 bits per heavy atom. The predicted molar refractivity (Wildman–Crippen MR) is 31.7 cm³/mol. The molecule has 0 amide bonds. The van der Waals surface area contributed by atoms with Gasteiger partial charge in [-0.3, -0.25) is 0 Å². The van der Waals surface area contributed by atoms with Crippen LogP contribution in [0.15, 0.2) is 0 Å². The van der Waals surface area contributed by atoms with Gasteiger partial charge in [-0.25, -0.2) is 4.57 Å². The van der Waals surface area contributed by atoms with Gasteiger partial charge in [0, 0.05) is 0 Å². The van der Waals surface area contributed by atoms with E-state index in [4.69, 9.17) is 57.7 Å². The Balaban J connectivity index is -0.0000000160. The fraction of sp³-hybridized carbons (Fsp3) is 0. The fourth-order valence-corrected chi connectivity index (χ4v) is 0.